The van der Waals surface area contributed by atoms with Crippen LogP contribution in [0.3, 0.4) is 0 Å². The van der Waals surface area contributed by atoms with E-state index in [1.807, 2.05) is 0 Å². The smallest absolute Gasteiger partial charge is 0.181 e. The van der Waals surface area contributed by atoms with E-state index in [9.17, 15) is 14.3 Å². The zero-order valence-corrected chi connectivity index (χ0v) is 13.1. The predicted octanol–water partition coefficient (Wildman–Crippen LogP) is 3.04. The van der Waals surface area contributed by atoms with Crippen LogP contribution in [0.2, 0.25) is 5.02 Å². The number of Topliss-reactive ketones (excluding diaryl/α,β-unsaturated/α-hetero) is 1. The molecule has 0 radical (unpaired) electrons. The van der Waals surface area contributed by atoms with Gasteiger partial charge in [-0.2, -0.15) is 0 Å². The molecule has 23 heavy (non-hydrogen) atoms. The number of hydrogen-bond donors (Lipinski definition) is 2. The first-order chi connectivity index (χ1) is 11.1. The van der Waals surface area contributed by atoms with Crippen LogP contribution in [0, 0.1) is 5.82 Å². The first kappa shape index (κ1) is 16.1. The number of benzene rings is 1. The summed E-state index contributed by atoms with van der Waals surface area (Å²) < 4.78 is 13.8. The first-order valence-electron chi connectivity index (χ1n) is 7.40. The summed E-state index contributed by atoms with van der Waals surface area (Å²) in [5.41, 5.74) is 1.58. The molecule has 1 aromatic heterocycles. The molecule has 0 aliphatic heterocycles. The van der Waals surface area contributed by atoms with Crippen LogP contribution < -0.4 is 5.32 Å². The Hall–Kier alpha value is -1.82. The van der Waals surface area contributed by atoms with Crippen molar-refractivity contribution in [2.45, 2.75) is 31.5 Å². The molecule has 2 aromatic rings. The minimum atomic E-state index is -0.888. The van der Waals surface area contributed by atoms with Crippen molar-refractivity contribution in [3.63, 3.8) is 0 Å². The molecule has 1 aromatic carbocycles. The Labute approximate surface area is 138 Å². The fourth-order valence-corrected chi connectivity index (χ4v) is 3.02. The molecule has 1 aliphatic rings. The van der Waals surface area contributed by atoms with Gasteiger partial charge in [-0.3, -0.25) is 15.1 Å². The molecule has 120 valence electrons. The highest BCUT2D eigenvalue weighted by atomic mass is 35.5. The van der Waals surface area contributed by atoms with Gasteiger partial charge in [0.15, 0.2) is 5.78 Å². The van der Waals surface area contributed by atoms with Crippen molar-refractivity contribution < 1.29 is 14.3 Å². The van der Waals surface area contributed by atoms with Gasteiger partial charge in [0, 0.05) is 35.7 Å². The molecule has 2 atom stereocenters. The molecule has 0 amide bonds. The number of rotatable bonds is 4. The number of aromatic nitrogens is 1. The third kappa shape index (κ3) is 3.42. The number of pyridine rings is 1. The second kappa shape index (κ2) is 6.74. The molecular formula is C17H16ClFN2O2. The van der Waals surface area contributed by atoms with Gasteiger partial charge in [-0.15, -0.1) is 0 Å². The number of halogens is 2. The van der Waals surface area contributed by atoms with Gasteiger partial charge in [-0.05, 0) is 30.2 Å². The summed E-state index contributed by atoms with van der Waals surface area (Å²) in [4.78, 5) is 16.0. The van der Waals surface area contributed by atoms with Gasteiger partial charge in [0.2, 0.25) is 0 Å². The molecule has 4 nitrogen and oxygen atoms in total. The number of nitrogens with one attached hydrogen (secondary N) is 1. The Kier molecular flexibility index (Phi) is 4.71. The van der Waals surface area contributed by atoms with Crippen LogP contribution in [0.15, 0.2) is 36.5 Å². The molecule has 0 saturated carbocycles. The van der Waals surface area contributed by atoms with E-state index in [0.717, 1.165) is 5.56 Å². The summed E-state index contributed by atoms with van der Waals surface area (Å²) >= 11 is 5.72. The van der Waals surface area contributed by atoms with Gasteiger partial charge in [-0.25, -0.2) is 4.39 Å². The lowest BCUT2D eigenvalue weighted by molar-refractivity contribution is 0.0839. The average Bonchev–Trinajstić information content (AvgIpc) is 2.54. The number of carbonyl (C=O) groups excluding carboxylic acids is 1. The third-order valence-electron chi connectivity index (χ3n) is 4.08. The Morgan fingerprint density at radius 3 is 3.04 bits per heavy atom. The van der Waals surface area contributed by atoms with E-state index in [-0.39, 0.29) is 18.2 Å². The van der Waals surface area contributed by atoms with Crippen molar-refractivity contribution in [3.05, 3.63) is 64.2 Å². The molecule has 0 spiro atoms. The fraction of sp³-hybridized carbons (Fsp3) is 0.294. The van der Waals surface area contributed by atoms with Crippen LogP contribution in [0.5, 0.6) is 0 Å². The van der Waals surface area contributed by atoms with E-state index < -0.39 is 12.0 Å². The van der Waals surface area contributed by atoms with Crippen LogP contribution in [0.25, 0.3) is 0 Å². The number of aliphatic hydroxyl groups excluding tert-OH is 1. The molecular weight excluding hydrogens is 319 g/mol. The zero-order chi connectivity index (χ0) is 16.4. The Bertz CT molecular complexity index is 738. The maximum Gasteiger partial charge on any atom is 0.181 e. The van der Waals surface area contributed by atoms with E-state index in [1.54, 1.807) is 30.5 Å². The van der Waals surface area contributed by atoms with Crippen LogP contribution >= 0.6 is 11.6 Å². The number of ketones is 1. The number of carbonyl (C=O) groups is 1. The summed E-state index contributed by atoms with van der Waals surface area (Å²) in [6.45, 7) is 0.171. The number of aliphatic hydroxyl groups is 1. The highest BCUT2D eigenvalue weighted by Crippen LogP contribution is 2.32. The Balaban J connectivity index is 1.73. The van der Waals surface area contributed by atoms with Crippen LogP contribution in [-0.4, -0.2) is 22.1 Å². The monoisotopic (exact) mass is 334 g/mol. The number of hydrogen-bond acceptors (Lipinski definition) is 4. The molecule has 0 saturated heterocycles. The molecule has 0 fully saturated rings. The fourth-order valence-electron chi connectivity index (χ4n) is 2.86. The minimum absolute atomic E-state index is 0.00667. The maximum atomic E-state index is 13.8. The van der Waals surface area contributed by atoms with E-state index in [4.69, 9.17) is 11.6 Å². The van der Waals surface area contributed by atoms with E-state index >= 15 is 0 Å². The number of nitrogens with zero attached hydrogens (tertiary/aromatic N) is 1. The van der Waals surface area contributed by atoms with Crippen LogP contribution in [-0.2, 0) is 6.54 Å². The van der Waals surface area contributed by atoms with E-state index in [0.29, 0.717) is 29.1 Å². The highest BCUT2D eigenvalue weighted by molar-refractivity contribution is 6.30. The van der Waals surface area contributed by atoms with Crippen molar-refractivity contribution in [2.24, 2.45) is 0 Å². The van der Waals surface area contributed by atoms with Crippen molar-refractivity contribution in [3.8, 4) is 0 Å². The largest absolute Gasteiger partial charge is 0.378 e. The van der Waals surface area contributed by atoms with Gasteiger partial charge in [0.25, 0.3) is 0 Å². The SMILES string of the molecule is O=C1CCC(C(O)NCc2ccc(Cl)cc2F)c2cccnc21. The van der Waals surface area contributed by atoms with Gasteiger partial charge < -0.3 is 5.11 Å². The van der Waals surface area contributed by atoms with Gasteiger partial charge >= 0.3 is 0 Å². The lowest BCUT2D eigenvalue weighted by atomic mass is 9.83. The van der Waals surface area contributed by atoms with Crippen LogP contribution in [0.4, 0.5) is 4.39 Å². The van der Waals surface area contributed by atoms with Gasteiger partial charge in [0.1, 0.15) is 17.7 Å². The molecule has 6 heteroatoms. The molecule has 1 aliphatic carbocycles. The first-order valence-corrected chi connectivity index (χ1v) is 7.77. The zero-order valence-electron chi connectivity index (χ0n) is 12.3. The van der Waals surface area contributed by atoms with Crippen LogP contribution in [0.1, 0.15) is 40.4 Å². The van der Waals surface area contributed by atoms with E-state index in [1.165, 1.54) is 6.07 Å². The molecule has 0 bridgehead atoms. The van der Waals surface area contributed by atoms with Gasteiger partial charge in [0.05, 0.1) is 0 Å². The molecule has 2 unspecified atom stereocenters. The summed E-state index contributed by atoms with van der Waals surface area (Å²) in [6, 6.07) is 7.97. The van der Waals surface area contributed by atoms with E-state index in [2.05, 4.69) is 10.3 Å². The third-order valence-corrected chi connectivity index (χ3v) is 4.32. The Morgan fingerprint density at radius 1 is 1.43 bits per heavy atom. The summed E-state index contributed by atoms with van der Waals surface area (Å²) in [7, 11) is 0. The lowest BCUT2D eigenvalue weighted by Gasteiger charge is -2.28. The normalized spacial score (nSPS) is 18.6. The highest BCUT2D eigenvalue weighted by Gasteiger charge is 2.31. The summed E-state index contributed by atoms with van der Waals surface area (Å²) in [5, 5.41) is 13.7. The maximum absolute atomic E-state index is 13.8. The molecule has 2 N–H and O–H groups in total. The molecule has 1 heterocycles. The minimum Gasteiger partial charge on any atom is -0.378 e. The topological polar surface area (TPSA) is 62.2 Å². The van der Waals surface area contributed by atoms with Gasteiger partial charge in [-0.1, -0.05) is 23.7 Å². The number of fused-ring (bicyclic) bond motifs is 1. The predicted molar refractivity (Wildman–Crippen MR) is 84.8 cm³/mol. The van der Waals surface area contributed by atoms with Crippen molar-refractivity contribution in [1.29, 1.82) is 0 Å². The van der Waals surface area contributed by atoms with Crippen molar-refractivity contribution in [1.82, 2.24) is 10.3 Å². The summed E-state index contributed by atoms with van der Waals surface area (Å²) in [5.74, 6) is -0.669. The van der Waals surface area contributed by atoms with Crippen molar-refractivity contribution >= 4 is 17.4 Å². The average molecular weight is 335 g/mol. The molecule has 3 rings (SSSR count). The lowest BCUT2D eigenvalue weighted by Crippen LogP contribution is -2.37. The Morgan fingerprint density at radius 2 is 2.26 bits per heavy atom. The quantitative estimate of drug-likeness (QED) is 0.844. The standard InChI is InChI=1S/C17H16ClFN2O2/c18-11-4-3-10(14(19)8-11)9-21-17(23)13-5-6-15(22)16-12(13)2-1-7-20-16/h1-4,7-8,13,17,21,23H,5-6,9H2. The summed E-state index contributed by atoms with van der Waals surface area (Å²) in [6.07, 6.45) is 1.57. The van der Waals surface area contributed by atoms with Crippen molar-refractivity contribution in [2.75, 3.05) is 0 Å². The second-order valence-corrected chi connectivity index (χ2v) is 6.01. The second-order valence-electron chi connectivity index (χ2n) is 5.57.